The maximum Gasteiger partial charge on any atom is 0.227 e. The average molecular weight is 268 g/mol. The number of amides is 1. The fourth-order valence-electron chi connectivity index (χ4n) is 2.44. The van der Waals surface area contributed by atoms with E-state index in [0.29, 0.717) is 17.3 Å². The lowest BCUT2D eigenvalue weighted by Crippen LogP contribution is -2.39. The van der Waals surface area contributed by atoms with Crippen molar-refractivity contribution in [3.8, 4) is 0 Å². The van der Waals surface area contributed by atoms with Crippen LogP contribution in [0, 0.1) is 5.41 Å². The quantitative estimate of drug-likeness (QED) is 0.805. The smallest absolute Gasteiger partial charge is 0.227 e. The van der Waals surface area contributed by atoms with Gasteiger partial charge in [-0.25, -0.2) is 0 Å². The first-order chi connectivity index (χ1) is 8.46. The molecule has 1 aromatic carbocycles. The first-order valence-corrected chi connectivity index (χ1v) is 6.36. The summed E-state index contributed by atoms with van der Waals surface area (Å²) in [4.78, 5) is 14.0. The Morgan fingerprint density at radius 1 is 1.56 bits per heavy atom. The fraction of sp³-hybridized carbons (Fsp3) is 0.462. The van der Waals surface area contributed by atoms with Gasteiger partial charge in [0.1, 0.15) is 0 Å². The van der Waals surface area contributed by atoms with Crippen LogP contribution in [-0.2, 0) is 4.79 Å². The summed E-state index contributed by atoms with van der Waals surface area (Å²) in [5, 5.41) is 3.38. The first-order valence-electron chi connectivity index (χ1n) is 5.98. The average Bonchev–Trinajstić information content (AvgIpc) is 2.75. The molecule has 0 aromatic heterocycles. The minimum Gasteiger partial charge on any atom is -0.397 e. The predicted octanol–water partition coefficient (Wildman–Crippen LogP) is 1.88. The van der Waals surface area contributed by atoms with Crippen LogP contribution in [0.2, 0.25) is 5.02 Å². The minimum atomic E-state index is -0.358. The zero-order chi connectivity index (χ0) is 13.3. The summed E-state index contributed by atoms with van der Waals surface area (Å²) in [6.07, 6.45) is 0.818. The van der Waals surface area contributed by atoms with Crippen molar-refractivity contribution in [3.63, 3.8) is 0 Å². The number of rotatable bonds is 2. The second kappa shape index (κ2) is 4.69. The standard InChI is InChI=1S/C13H18ClN3O/c1-13(12(18)16-2)5-6-17(8-13)11-7-9(14)3-4-10(11)15/h3-4,7H,5-6,8,15H2,1-2H3,(H,16,18). The van der Waals surface area contributed by atoms with Crippen molar-refractivity contribution in [2.24, 2.45) is 5.41 Å². The van der Waals surface area contributed by atoms with Crippen molar-refractivity contribution in [3.05, 3.63) is 23.2 Å². The lowest BCUT2D eigenvalue weighted by atomic mass is 9.89. The highest BCUT2D eigenvalue weighted by Crippen LogP contribution is 2.36. The molecular weight excluding hydrogens is 250 g/mol. The van der Waals surface area contributed by atoms with Crippen LogP contribution < -0.4 is 16.0 Å². The number of anilines is 2. The lowest BCUT2D eigenvalue weighted by molar-refractivity contribution is -0.128. The van der Waals surface area contributed by atoms with Gasteiger partial charge in [-0.2, -0.15) is 0 Å². The second-order valence-corrected chi connectivity index (χ2v) is 5.45. The third-order valence-electron chi connectivity index (χ3n) is 3.58. The number of nitrogen functional groups attached to an aromatic ring is 1. The number of carbonyl (C=O) groups excluding carboxylic acids is 1. The summed E-state index contributed by atoms with van der Waals surface area (Å²) in [6.45, 7) is 3.46. The van der Waals surface area contributed by atoms with Crippen molar-refractivity contribution in [2.45, 2.75) is 13.3 Å². The Balaban J connectivity index is 2.23. The Hall–Kier alpha value is -1.42. The summed E-state index contributed by atoms with van der Waals surface area (Å²) in [6, 6.07) is 5.42. The van der Waals surface area contributed by atoms with Crippen LogP contribution in [0.15, 0.2) is 18.2 Å². The first kappa shape index (κ1) is 13.0. The van der Waals surface area contributed by atoms with E-state index < -0.39 is 0 Å². The predicted molar refractivity (Wildman–Crippen MR) is 74.9 cm³/mol. The number of hydrogen-bond acceptors (Lipinski definition) is 3. The van der Waals surface area contributed by atoms with Gasteiger partial charge in [0.05, 0.1) is 16.8 Å². The van der Waals surface area contributed by atoms with Gasteiger partial charge in [0.2, 0.25) is 5.91 Å². The van der Waals surface area contributed by atoms with E-state index in [4.69, 9.17) is 17.3 Å². The van der Waals surface area contributed by atoms with Crippen LogP contribution in [0.5, 0.6) is 0 Å². The van der Waals surface area contributed by atoms with Crippen molar-refractivity contribution in [1.82, 2.24) is 5.32 Å². The highest BCUT2D eigenvalue weighted by Gasteiger charge is 2.40. The molecule has 1 amide bonds. The summed E-state index contributed by atoms with van der Waals surface area (Å²) >= 11 is 5.99. The van der Waals surface area contributed by atoms with Crippen LogP contribution in [0.25, 0.3) is 0 Å². The van der Waals surface area contributed by atoms with Gasteiger partial charge < -0.3 is 16.0 Å². The van der Waals surface area contributed by atoms with Crippen LogP contribution in [0.4, 0.5) is 11.4 Å². The number of carbonyl (C=O) groups is 1. The molecule has 2 rings (SSSR count). The molecule has 1 aromatic rings. The summed E-state index contributed by atoms with van der Waals surface area (Å²) in [5.41, 5.74) is 7.22. The van der Waals surface area contributed by atoms with E-state index in [1.807, 2.05) is 13.0 Å². The molecule has 1 atom stereocenters. The van der Waals surface area contributed by atoms with Gasteiger partial charge in [0.15, 0.2) is 0 Å². The summed E-state index contributed by atoms with van der Waals surface area (Å²) in [5.74, 6) is 0.0746. The molecule has 98 valence electrons. The molecule has 1 fully saturated rings. The van der Waals surface area contributed by atoms with E-state index in [0.717, 1.165) is 18.7 Å². The Morgan fingerprint density at radius 2 is 2.28 bits per heavy atom. The highest BCUT2D eigenvalue weighted by atomic mass is 35.5. The molecule has 0 radical (unpaired) electrons. The van der Waals surface area contributed by atoms with Gasteiger partial charge in [-0.1, -0.05) is 11.6 Å². The number of nitrogens with two attached hydrogens (primary N) is 1. The number of hydrogen-bond donors (Lipinski definition) is 2. The van der Waals surface area contributed by atoms with E-state index in [2.05, 4.69) is 10.2 Å². The zero-order valence-electron chi connectivity index (χ0n) is 10.7. The molecule has 1 heterocycles. The number of halogens is 1. The monoisotopic (exact) mass is 267 g/mol. The molecule has 4 nitrogen and oxygen atoms in total. The van der Waals surface area contributed by atoms with Crippen LogP contribution >= 0.6 is 11.6 Å². The van der Waals surface area contributed by atoms with E-state index in [1.54, 1.807) is 19.2 Å². The van der Waals surface area contributed by atoms with E-state index in [-0.39, 0.29) is 11.3 Å². The molecule has 5 heteroatoms. The van der Waals surface area contributed by atoms with Gasteiger partial charge in [-0.05, 0) is 31.5 Å². The number of benzene rings is 1. The van der Waals surface area contributed by atoms with Crippen LogP contribution in [-0.4, -0.2) is 26.0 Å². The van der Waals surface area contributed by atoms with Gasteiger partial charge in [-0.15, -0.1) is 0 Å². The van der Waals surface area contributed by atoms with Crippen molar-refractivity contribution < 1.29 is 4.79 Å². The third kappa shape index (κ3) is 2.25. The molecule has 1 unspecified atom stereocenters. The summed E-state index contributed by atoms with van der Waals surface area (Å²) < 4.78 is 0. The molecule has 1 aliphatic rings. The van der Waals surface area contributed by atoms with E-state index in [1.165, 1.54) is 0 Å². The normalized spacial score (nSPS) is 23.2. The van der Waals surface area contributed by atoms with Gasteiger partial charge in [0.25, 0.3) is 0 Å². The van der Waals surface area contributed by atoms with Crippen LogP contribution in [0.3, 0.4) is 0 Å². The molecule has 1 saturated heterocycles. The van der Waals surface area contributed by atoms with Crippen molar-refractivity contribution in [2.75, 3.05) is 30.8 Å². The van der Waals surface area contributed by atoms with Gasteiger partial charge >= 0.3 is 0 Å². The molecule has 1 aliphatic heterocycles. The van der Waals surface area contributed by atoms with Crippen molar-refractivity contribution in [1.29, 1.82) is 0 Å². The van der Waals surface area contributed by atoms with Gasteiger partial charge in [-0.3, -0.25) is 4.79 Å². The molecular formula is C13H18ClN3O. The SMILES string of the molecule is CNC(=O)C1(C)CCN(c2cc(Cl)ccc2N)C1. The topological polar surface area (TPSA) is 58.4 Å². The maximum absolute atomic E-state index is 11.9. The Kier molecular flexibility index (Phi) is 3.39. The maximum atomic E-state index is 11.9. The molecule has 0 aliphatic carbocycles. The van der Waals surface area contributed by atoms with Gasteiger partial charge in [0, 0.05) is 25.2 Å². The Bertz CT molecular complexity index is 477. The molecule has 0 saturated carbocycles. The van der Waals surface area contributed by atoms with Crippen LogP contribution in [0.1, 0.15) is 13.3 Å². The third-order valence-corrected chi connectivity index (χ3v) is 3.82. The number of nitrogens with zero attached hydrogens (tertiary/aromatic N) is 1. The highest BCUT2D eigenvalue weighted by molar-refractivity contribution is 6.31. The lowest BCUT2D eigenvalue weighted by Gasteiger charge is -2.24. The Morgan fingerprint density at radius 3 is 2.94 bits per heavy atom. The van der Waals surface area contributed by atoms with E-state index in [9.17, 15) is 4.79 Å². The zero-order valence-corrected chi connectivity index (χ0v) is 11.4. The minimum absolute atomic E-state index is 0.0746. The number of nitrogens with one attached hydrogen (secondary N) is 1. The van der Waals surface area contributed by atoms with Crippen molar-refractivity contribution >= 4 is 28.9 Å². The molecule has 0 bridgehead atoms. The molecule has 18 heavy (non-hydrogen) atoms. The summed E-state index contributed by atoms with van der Waals surface area (Å²) in [7, 11) is 1.67. The Labute approximate surface area is 112 Å². The fourth-order valence-corrected chi connectivity index (χ4v) is 2.61. The largest absolute Gasteiger partial charge is 0.397 e. The molecule has 0 spiro atoms. The van der Waals surface area contributed by atoms with E-state index >= 15 is 0 Å². The molecule has 3 N–H and O–H groups in total. The second-order valence-electron chi connectivity index (χ2n) is 5.01.